The summed E-state index contributed by atoms with van der Waals surface area (Å²) in [4.78, 5) is 23.7. The Labute approximate surface area is 194 Å². The summed E-state index contributed by atoms with van der Waals surface area (Å²) in [6.07, 6.45) is 2.89. The molecule has 13 heteroatoms. The van der Waals surface area contributed by atoms with Crippen LogP contribution in [0, 0.1) is 0 Å². The molecule has 1 aromatic carbocycles. The van der Waals surface area contributed by atoms with Crippen molar-refractivity contribution in [3.05, 3.63) is 35.9 Å². The minimum Gasteiger partial charge on any atom is -0.465 e. The fourth-order valence-electron chi connectivity index (χ4n) is 2.65. The maximum Gasteiger partial charge on any atom is 0.316 e. The molecule has 0 spiro atoms. The van der Waals surface area contributed by atoms with E-state index in [1.807, 2.05) is 0 Å². The molecule has 1 fully saturated rings. The molecule has 2 aromatic rings. The Kier molecular flexibility index (Phi) is 8.75. The minimum absolute atomic E-state index is 0.119. The van der Waals surface area contributed by atoms with Crippen LogP contribution in [0.5, 0.6) is 0 Å². The molecular weight excluding hydrogens is 476 g/mol. The van der Waals surface area contributed by atoms with Crippen molar-refractivity contribution >= 4 is 56.2 Å². The molecule has 32 heavy (non-hydrogen) atoms. The van der Waals surface area contributed by atoms with E-state index in [1.165, 1.54) is 34.3 Å². The van der Waals surface area contributed by atoms with Gasteiger partial charge in [-0.15, -0.1) is 10.2 Å². The number of carbonyl (C=O) groups is 2. The molecule has 0 bridgehead atoms. The van der Waals surface area contributed by atoms with Gasteiger partial charge in [0.2, 0.25) is 21.1 Å². The Morgan fingerprint density at radius 1 is 1.25 bits per heavy atom. The van der Waals surface area contributed by atoms with Crippen LogP contribution in [-0.2, 0) is 29.1 Å². The van der Waals surface area contributed by atoms with E-state index in [0.29, 0.717) is 47.9 Å². The molecule has 1 N–H and O–H groups in total. The first-order valence-electron chi connectivity index (χ1n) is 9.67. The number of nitrogens with zero attached hydrogens (tertiary/aromatic N) is 3. The van der Waals surface area contributed by atoms with Gasteiger partial charge in [-0.1, -0.05) is 35.2 Å². The van der Waals surface area contributed by atoms with Gasteiger partial charge in [0.05, 0.1) is 30.5 Å². The van der Waals surface area contributed by atoms with Gasteiger partial charge in [-0.05, 0) is 30.7 Å². The topological polar surface area (TPSA) is 128 Å². The normalized spacial score (nSPS) is 15.0. The monoisotopic (exact) mass is 498 g/mol. The first-order chi connectivity index (χ1) is 15.4. The van der Waals surface area contributed by atoms with E-state index in [0.717, 1.165) is 11.3 Å². The fourth-order valence-corrected chi connectivity index (χ4v) is 5.61. The lowest BCUT2D eigenvalue weighted by molar-refractivity contribution is -0.139. The molecule has 2 heterocycles. The predicted octanol–water partition coefficient (Wildman–Crippen LogP) is 1.87. The number of rotatable bonds is 9. The highest BCUT2D eigenvalue weighted by molar-refractivity contribution is 8.01. The molecule has 172 valence electrons. The van der Waals surface area contributed by atoms with E-state index in [4.69, 9.17) is 9.47 Å². The lowest BCUT2D eigenvalue weighted by atomic mass is 10.2. The number of esters is 1. The van der Waals surface area contributed by atoms with Crippen LogP contribution >= 0.6 is 23.1 Å². The SMILES string of the molecule is CCOC(=O)CSc1nnc(NC(=O)/C=C/c2ccc(S(=O)(=O)N3CCOCC3)cc2)s1. The Hall–Kier alpha value is -2.32. The number of benzene rings is 1. The van der Waals surface area contributed by atoms with Crippen molar-refractivity contribution in [3.8, 4) is 0 Å². The quantitative estimate of drug-likeness (QED) is 0.238. The number of anilines is 1. The van der Waals surface area contributed by atoms with Crippen LogP contribution in [0.1, 0.15) is 12.5 Å². The van der Waals surface area contributed by atoms with Gasteiger partial charge in [-0.3, -0.25) is 14.9 Å². The second-order valence-electron chi connectivity index (χ2n) is 6.37. The highest BCUT2D eigenvalue weighted by atomic mass is 32.2. The summed E-state index contributed by atoms with van der Waals surface area (Å²) in [5.41, 5.74) is 0.670. The number of hydrogen-bond donors (Lipinski definition) is 1. The molecule has 0 atom stereocenters. The molecule has 0 aliphatic carbocycles. The van der Waals surface area contributed by atoms with E-state index in [9.17, 15) is 18.0 Å². The van der Waals surface area contributed by atoms with E-state index in [2.05, 4.69) is 15.5 Å². The third-order valence-corrected chi connectivity index (χ3v) is 8.03. The number of nitrogens with one attached hydrogen (secondary N) is 1. The van der Waals surface area contributed by atoms with Gasteiger partial charge in [0, 0.05) is 19.2 Å². The van der Waals surface area contributed by atoms with Gasteiger partial charge < -0.3 is 9.47 Å². The molecule has 3 rings (SSSR count). The second kappa shape index (κ2) is 11.5. The van der Waals surface area contributed by atoms with Crippen LogP contribution < -0.4 is 5.32 Å². The van der Waals surface area contributed by atoms with Crippen molar-refractivity contribution in [2.45, 2.75) is 16.2 Å². The van der Waals surface area contributed by atoms with Gasteiger partial charge in [0.1, 0.15) is 0 Å². The van der Waals surface area contributed by atoms with Crippen LogP contribution in [0.4, 0.5) is 5.13 Å². The zero-order valence-electron chi connectivity index (χ0n) is 17.2. The van der Waals surface area contributed by atoms with Gasteiger partial charge in [0.25, 0.3) is 0 Å². The zero-order chi connectivity index (χ0) is 23.0. The highest BCUT2D eigenvalue weighted by Crippen LogP contribution is 2.25. The third-order valence-electron chi connectivity index (χ3n) is 4.17. The van der Waals surface area contributed by atoms with E-state index < -0.39 is 15.9 Å². The molecule has 1 aromatic heterocycles. The fraction of sp³-hybridized carbons (Fsp3) is 0.368. The number of thioether (sulfide) groups is 1. The maximum atomic E-state index is 12.6. The van der Waals surface area contributed by atoms with Crippen molar-refractivity contribution < 1.29 is 27.5 Å². The standard InChI is InChI=1S/C19H22N4O6S3/c1-2-29-17(25)13-30-19-22-21-18(31-19)20-16(24)8-5-14-3-6-15(7-4-14)32(26,27)23-9-11-28-12-10-23/h3-8H,2,9-13H2,1H3,(H,20,21,24)/b8-5+. The van der Waals surface area contributed by atoms with Gasteiger partial charge in [0.15, 0.2) is 4.34 Å². The van der Waals surface area contributed by atoms with Crippen molar-refractivity contribution in [2.24, 2.45) is 0 Å². The molecule has 1 amide bonds. The summed E-state index contributed by atoms with van der Waals surface area (Å²) < 4.78 is 37.2. The lowest BCUT2D eigenvalue weighted by Gasteiger charge is -2.26. The number of ether oxygens (including phenoxy) is 2. The van der Waals surface area contributed by atoms with Crippen LogP contribution in [0.15, 0.2) is 39.6 Å². The van der Waals surface area contributed by atoms with E-state index >= 15 is 0 Å². The number of morpholine rings is 1. The van der Waals surface area contributed by atoms with E-state index in [-0.39, 0.29) is 16.6 Å². The average Bonchev–Trinajstić information content (AvgIpc) is 3.24. The Balaban J connectivity index is 1.53. The molecule has 0 unspecified atom stereocenters. The Morgan fingerprint density at radius 3 is 2.66 bits per heavy atom. The molecule has 1 saturated heterocycles. The van der Waals surface area contributed by atoms with Crippen molar-refractivity contribution in [1.82, 2.24) is 14.5 Å². The Morgan fingerprint density at radius 2 is 1.97 bits per heavy atom. The smallest absolute Gasteiger partial charge is 0.316 e. The van der Waals surface area contributed by atoms with Crippen molar-refractivity contribution in [1.29, 1.82) is 0 Å². The van der Waals surface area contributed by atoms with Crippen molar-refractivity contribution in [3.63, 3.8) is 0 Å². The predicted molar refractivity (Wildman–Crippen MR) is 121 cm³/mol. The van der Waals surface area contributed by atoms with Crippen molar-refractivity contribution in [2.75, 3.05) is 44.0 Å². The molecule has 1 aliphatic rings. The number of aromatic nitrogens is 2. The first kappa shape index (κ1) is 24.3. The Bertz CT molecular complexity index is 1060. The summed E-state index contributed by atoms with van der Waals surface area (Å²) >= 11 is 2.33. The number of amides is 1. The number of sulfonamides is 1. The van der Waals surface area contributed by atoms with Crippen LogP contribution in [-0.4, -0.2) is 73.5 Å². The average molecular weight is 499 g/mol. The summed E-state index contributed by atoms with van der Waals surface area (Å²) in [5, 5.41) is 10.7. The number of hydrogen-bond acceptors (Lipinski definition) is 10. The summed E-state index contributed by atoms with van der Waals surface area (Å²) in [6, 6.07) is 6.29. The minimum atomic E-state index is -3.56. The molecule has 10 nitrogen and oxygen atoms in total. The summed E-state index contributed by atoms with van der Waals surface area (Å²) in [5.74, 6) is -0.633. The number of carbonyl (C=O) groups excluding carboxylic acids is 2. The van der Waals surface area contributed by atoms with Crippen LogP contribution in [0.3, 0.4) is 0 Å². The van der Waals surface area contributed by atoms with E-state index in [1.54, 1.807) is 25.1 Å². The maximum absolute atomic E-state index is 12.6. The highest BCUT2D eigenvalue weighted by Gasteiger charge is 2.25. The van der Waals surface area contributed by atoms with Crippen LogP contribution in [0.25, 0.3) is 6.08 Å². The van der Waals surface area contributed by atoms with Gasteiger partial charge >= 0.3 is 5.97 Å². The lowest BCUT2D eigenvalue weighted by Crippen LogP contribution is -2.40. The summed E-state index contributed by atoms with van der Waals surface area (Å²) in [6.45, 7) is 3.48. The summed E-state index contributed by atoms with van der Waals surface area (Å²) in [7, 11) is -3.56. The molecule has 0 radical (unpaired) electrons. The zero-order valence-corrected chi connectivity index (χ0v) is 19.7. The molecule has 0 saturated carbocycles. The largest absolute Gasteiger partial charge is 0.465 e. The van der Waals surface area contributed by atoms with Gasteiger partial charge in [-0.2, -0.15) is 4.31 Å². The third kappa shape index (κ3) is 6.84. The molecule has 1 aliphatic heterocycles. The molecular formula is C19H22N4O6S3. The van der Waals surface area contributed by atoms with Gasteiger partial charge in [-0.25, -0.2) is 8.42 Å². The second-order valence-corrected chi connectivity index (χ2v) is 10.5. The first-order valence-corrected chi connectivity index (χ1v) is 12.9. The van der Waals surface area contributed by atoms with Crippen LogP contribution in [0.2, 0.25) is 0 Å².